The fraction of sp³-hybridized carbons (Fsp3) is 1.00. The third-order valence-corrected chi connectivity index (χ3v) is 61.5. The van der Waals surface area contributed by atoms with Crippen molar-refractivity contribution in [3.63, 3.8) is 0 Å². The van der Waals surface area contributed by atoms with E-state index in [4.69, 9.17) is 101 Å². The summed E-state index contributed by atoms with van der Waals surface area (Å²) in [7, 11) is -27.9. The van der Waals surface area contributed by atoms with Crippen LogP contribution in [-0.2, 0) is 101 Å². The molecule has 0 aliphatic rings. The summed E-state index contributed by atoms with van der Waals surface area (Å²) in [5.41, 5.74) is 0. The van der Waals surface area contributed by atoms with E-state index < -0.39 is 111 Å². The van der Waals surface area contributed by atoms with Crippen molar-refractivity contribution in [1.29, 1.82) is 0 Å². The minimum atomic E-state index is -2.82. The largest absolute Gasteiger partial charge is 0.499 e. The topological polar surface area (TPSA) is 212 Å². The molecule has 0 aliphatic heterocycles. The molecule has 0 N–H and O–H groups in total. The minimum absolute atomic E-state index is 0.495. The van der Waals surface area contributed by atoms with Gasteiger partial charge in [-0.25, -0.2) is 0 Å². The Hall–Kier alpha value is 1.90. The van der Waals surface area contributed by atoms with E-state index in [1.807, 2.05) is 0 Å². The lowest BCUT2D eigenvalue weighted by molar-refractivity contribution is -0.0242. The highest BCUT2D eigenvalue weighted by Crippen LogP contribution is 2.33. The van der Waals surface area contributed by atoms with E-state index in [0.29, 0.717) is 118 Å². The molecule has 0 aromatic rings. The summed E-state index contributed by atoms with van der Waals surface area (Å²) >= 11 is 0. The molecule has 0 atom stereocenters. The highest BCUT2D eigenvalue weighted by Gasteiger charge is 2.52. The average molecular weight is 1450 g/mol. The SMILES string of the molecule is COCCOCCOCCOCCOCCOCCOCCOCCOCCC[Si](C)(C)O[Si](C)(C)O[Si](C)(C)O[Si](C)(C)O[Si](C)(C)O[Si](C)(C)O[Si](C)(C)O[Si](C)(C)O[Si](C)(C)O[Si](C)(C)O[Si](C)(C)O[Si](C)(C)CC[Si](OC)(OC)OC. The number of rotatable bonds is 56. The van der Waals surface area contributed by atoms with Crippen LogP contribution in [0.1, 0.15) is 6.42 Å². The fourth-order valence-electron chi connectivity index (χ4n) is 10.4. The van der Waals surface area contributed by atoms with Gasteiger partial charge in [0.2, 0.25) is 0 Å². The van der Waals surface area contributed by atoms with Gasteiger partial charge < -0.3 is 101 Å². The molecule has 0 aliphatic carbocycles. The summed E-state index contributed by atoms with van der Waals surface area (Å²) in [5, 5.41) is 0. The van der Waals surface area contributed by atoms with Gasteiger partial charge in [0.25, 0.3) is 0 Å². The number of methoxy groups -OCH3 is 1. The van der Waals surface area contributed by atoms with Crippen molar-refractivity contribution in [3.8, 4) is 0 Å². The third-order valence-electron chi connectivity index (χ3n) is 11.5. The molecule has 0 amide bonds. The van der Waals surface area contributed by atoms with E-state index in [0.717, 1.165) is 18.5 Å². The van der Waals surface area contributed by atoms with Crippen LogP contribution in [0.15, 0.2) is 0 Å². The number of hydrogen-bond acceptors (Lipinski definition) is 23. The molecule has 0 heterocycles. The Morgan fingerprint density at radius 3 is 0.565 bits per heavy atom. The Labute approximate surface area is 531 Å². The lowest BCUT2D eigenvalue weighted by atomic mass is 10.5. The molecule has 0 aromatic carbocycles. The van der Waals surface area contributed by atoms with Gasteiger partial charge in [-0.2, -0.15) is 0 Å². The van der Waals surface area contributed by atoms with Crippen molar-refractivity contribution in [2.45, 2.75) is 182 Å². The minimum Gasteiger partial charge on any atom is -0.436 e. The standard InChI is InChI=1S/C49H126O23Si13/c1-50-31-32-55-35-36-57-39-40-59-43-44-61-46-45-60-42-41-58-38-37-56-34-33-54-30-29-47-73(5,6)62-75(9,10)64-77(13,14)66-79(17,18)68-81(21,22)70-83(25,26)72-84(27,28)71-82(23,24)69-80(19,20)67-78(15,16)65-76(11,12)63-74(7,8)48-49-85(51-2,52-3)53-4/h29-49H2,1-28H3. The molecular formula is C49H126O23Si13. The highest BCUT2D eigenvalue weighted by atomic mass is 28.5. The second-order valence-electron chi connectivity index (χ2n) is 26.4. The highest BCUT2D eigenvalue weighted by molar-refractivity contribution is 6.94. The van der Waals surface area contributed by atoms with E-state index in [-0.39, 0.29) is 0 Å². The van der Waals surface area contributed by atoms with E-state index in [2.05, 4.69) is 157 Å². The van der Waals surface area contributed by atoms with Gasteiger partial charge in [0, 0.05) is 41.1 Å². The smallest absolute Gasteiger partial charge is 0.436 e. The first-order valence-corrected chi connectivity index (χ1v) is 66.5. The van der Waals surface area contributed by atoms with Crippen LogP contribution in [0.25, 0.3) is 0 Å². The Bertz CT molecular complexity index is 1750. The van der Waals surface area contributed by atoms with Crippen LogP contribution in [0, 0.1) is 0 Å². The van der Waals surface area contributed by atoms with Crippen molar-refractivity contribution in [2.24, 2.45) is 0 Å². The molecule has 23 nitrogen and oxygen atoms in total. The average Bonchev–Trinajstić information content (AvgIpc) is 3.51. The summed E-state index contributed by atoms with van der Waals surface area (Å²) in [4.78, 5) is 0. The first-order chi connectivity index (χ1) is 38.7. The molecule has 512 valence electrons. The first-order valence-electron chi connectivity index (χ1n) is 30.2. The third kappa shape index (κ3) is 46.6. The Morgan fingerprint density at radius 1 is 0.188 bits per heavy atom. The monoisotopic (exact) mass is 1450 g/mol. The van der Waals surface area contributed by atoms with Crippen LogP contribution in [0.3, 0.4) is 0 Å². The molecule has 36 heteroatoms. The Kier molecular flexibility index (Phi) is 41.2. The molecule has 0 spiro atoms. The Balaban J connectivity index is 4.82. The quantitative estimate of drug-likeness (QED) is 0.0409. The van der Waals surface area contributed by atoms with Crippen molar-refractivity contribution >= 4 is 111 Å². The maximum atomic E-state index is 6.91. The van der Waals surface area contributed by atoms with Crippen LogP contribution in [0.5, 0.6) is 0 Å². The lowest BCUT2D eigenvalue weighted by Crippen LogP contribution is -2.62. The molecule has 0 rings (SSSR count). The van der Waals surface area contributed by atoms with Crippen molar-refractivity contribution in [1.82, 2.24) is 0 Å². The zero-order valence-electron chi connectivity index (χ0n) is 58.7. The maximum Gasteiger partial charge on any atom is 0.499 e. The zero-order chi connectivity index (χ0) is 65.6. The van der Waals surface area contributed by atoms with E-state index in [1.165, 1.54) is 0 Å². The predicted molar refractivity (Wildman–Crippen MR) is 366 cm³/mol. The Morgan fingerprint density at radius 2 is 0.365 bits per heavy atom. The van der Waals surface area contributed by atoms with Gasteiger partial charge >= 0.3 is 94.4 Å². The molecule has 0 unspecified atom stereocenters. The normalized spacial score (nSPS) is 14.5. The lowest BCUT2D eigenvalue weighted by Gasteiger charge is -2.45. The predicted octanol–water partition coefficient (Wildman–Crippen LogP) is 10.6. The fourth-order valence-corrected chi connectivity index (χ4v) is 75.6. The molecule has 0 bridgehead atoms. The maximum absolute atomic E-state index is 6.91. The summed E-state index contributed by atoms with van der Waals surface area (Å²) < 4.78 is 142. The van der Waals surface area contributed by atoms with Crippen LogP contribution in [0.2, 0.25) is 175 Å². The van der Waals surface area contributed by atoms with Crippen LogP contribution >= 0.6 is 0 Å². The van der Waals surface area contributed by atoms with Crippen molar-refractivity contribution < 1.29 is 101 Å². The number of hydrogen-bond donors (Lipinski definition) is 0. The molecule has 0 saturated carbocycles. The molecular weight excluding hydrogens is 1320 g/mol. The van der Waals surface area contributed by atoms with Crippen molar-refractivity contribution in [3.05, 3.63) is 0 Å². The van der Waals surface area contributed by atoms with E-state index in [9.17, 15) is 0 Å². The molecule has 85 heavy (non-hydrogen) atoms. The van der Waals surface area contributed by atoms with Crippen LogP contribution in [0.4, 0.5) is 0 Å². The van der Waals surface area contributed by atoms with Gasteiger partial charge in [0.05, 0.1) is 106 Å². The summed E-state index contributed by atoms with van der Waals surface area (Å²) in [6.45, 7) is 59.4. The second kappa shape index (κ2) is 40.3. The van der Waals surface area contributed by atoms with E-state index in [1.54, 1.807) is 28.4 Å². The summed E-state index contributed by atoms with van der Waals surface area (Å²) in [6.07, 6.45) is 0.897. The van der Waals surface area contributed by atoms with Gasteiger partial charge in [-0.05, 0) is 176 Å². The van der Waals surface area contributed by atoms with Crippen LogP contribution in [-0.4, -0.2) is 252 Å². The van der Waals surface area contributed by atoms with Gasteiger partial charge in [0.1, 0.15) is 0 Å². The van der Waals surface area contributed by atoms with E-state index >= 15 is 0 Å². The molecule has 0 saturated heterocycles. The molecule has 0 fully saturated rings. The van der Waals surface area contributed by atoms with Gasteiger partial charge in [0.15, 0.2) is 16.6 Å². The van der Waals surface area contributed by atoms with Gasteiger partial charge in [-0.15, -0.1) is 0 Å². The van der Waals surface area contributed by atoms with Gasteiger partial charge in [-0.3, -0.25) is 0 Å². The van der Waals surface area contributed by atoms with Crippen LogP contribution < -0.4 is 0 Å². The zero-order valence-corrected chi connectivity index (χ0v) is 71.7. The van der Waals surface area contributed by atoms with Gasteiger partial charge in [-0.1, -0.05) is 0 Å². The molecule has 0 aromatic heterocycles. The summed E-state index contributed by atoms with van der Waals surface area (Å²) in [5.74, 6) is 0. The second-order valence-corrected chi connectivity index (χ2v) is 74.5. The summed E-state index contributed by atoms with van der Waals surface area (Å²) in [6, 6.07) is 2.44. The number of ether oxygens (including phenoxy) is 9. The van der Waals surface area contributed by atoms with Crippen molar-refractivity contribution in [2.75, 3.05) is 141 Å². The molecule has 0 radical (unpaired) electrons. The first kappa shape index (κ1) is 86.9.